The highest BCUT2D eigenvalue weighted by Gasteiger charge is 2.15. The van der Waals surface area contributed by atoms with Gasteiger partial charge in [-0.05, 0) is 31.2 Å². The zero-order valence-corrected chi connectivity index (χ0v) is 12.2. The smallest absolute Gasteiger partial charge is 0.228 e. The molecule has 0 fully saturated rings. The molecule has 0 radical (unpaired) electrons. The second kappa shape index (κ2) is 6.36. The van der Waals surface area contributed by atoms with E-state index in [4.69, 9.17) is 9.47 Å². The minimum atomic E-state index is -1.33. The Labute approximate surface area is 125 Å². The summed E-state index contributed by atoms with van der Waals surface area (Å²) in [5.41, 5.74) is 0.271. The Bertz CT molecular complexity index is 663. The van der Waals surface area contributed by atoms with Gasteiger partial charge in [-0.25, -0.2) is 4.98 Å². The molecule has 7 heteroatoms. The van der Waals surface area contributed by atoms with Crippen molar-refractivity contribution in [3.63, 3.8) is 0 Å². The van der Waals surface area contributed by atoms with Crippen LogP contribution in [0.25, 0.3) is 0 Å². The van der Waals surface area contributed by atoms with Crippen LogP contribution in [-0.2, 0) is 0 Å². The SMILES string of the molecule is COc1ccc(OCC(=O)c2nc(C)c(C(=O)[O-])s2)cc1. The number of ketones is 1. The second-order valence-electron chi connectivity index (χ2n) is 4.11. The number of thiazole rings is 1. The fraction of sp³-hybridized carbons (Fsp3) is 0.214. The molecule has 2 aromatic rings. The van der Waals surface area contributed by atoms with Crippen LogP contribution in [-0.4, -0.2) is 30.5 Å². The average molecular weight is 306 g/mol. The zero-order chi connectivity index (χ0) is 15.4. The summed E-state index contributed by atoms with van der Waals surface area (Å²) in [4.78, 5) is 26.6. The summed E-state index contributed by atoms with van der Waals surface area (Å²) in [6.45, 7) is 1.30. The minimum Gasteiger partial charge on any atom is -0.544 e. The van der Waals surface area contributed by atoms with Crippen LogP contribution in [0.1, 0.15) is 25.2 Å². The van der Waals surface area contributed by atoms with Gasteiger partial charge in [0.25, 0.3) is 0 Å². The van der Waals surface area contributed by atoms with Crippen molar-refractivity contribution in [2.24, 2.45) is 0 Å². The van der Waals surface area contributed by atoms with E-state index < -0.39 is 5.97 Å². The van der Waals surface area contributed by atoms with Crippen LogP contribution in [0.4, 0.5) is 0 Å². The number of carbonyl (C=O) groups is 2. The number of aromatic nitrogens is 1. The lowest BCUT2D eigenvalue weighted by molar-refractivity contribution is -0.254. The molecule has 1 aromatic carbocycles. The standard InChI is InChI=1S/C14H13NO5S/c1-8-12(14(17)18)21-13(15-8)11(16)7-20-10-5-3-9(19-2)4-6-10/h3-6H,7H2,1-2H3,(H,17,18)/p-1. The van der Waals surface area contributed by atoms with Gasteiger partial charge in [-0.2, -0.15) is 0 Å². The Hall–Kier alpha value is -2.41. The molecule has 0 aliphatic rings. The highest BCUT2D eigenvalue weighted by atomic mass is 32.1. The minimum absolute atomic E-state index is 0.0391. The number of aromatic carboxylic acids is 1. The summed E-state index contributed by atoms with van der Waals surface area (Å²) in [5.74, 6) is -0.521. The maximum absolute atomic E-state index is 11.9. The Balaban J connectivity index is 2.01. The lowest BCUT2D eigenvalue weighted by Crippen LogP contribution is -2.21. The van der Waals surface area contributed by atoms with Crippen LogP contribution >= 0.6 is 11.3 Å². The largest absolute Gasteiger partial charge is 0.544 e. The number of aryl methyl sites for hydroxylation is 1. The van der Waals surface area contributed by atoms with Crippen LogP contribution in [0, 0.1) is 6.92 Å². The Morgan fingerprint density at radius 2 is 1.86 bits per heavy atom. The van der Waals surface area contributed by atoms with Crippen molar-refractivity contribution < 1.29 is 24.2 Å². The van der Waals surface area contributed by atoms with E-state index >= 15 is 0 Å². The quantitative estimate of drug-likeness (QED) is 0.742. The van der Waals surface area contributed by atoms with E-state index in [-0.39, 0.29) is 28.0 Å². The number of nitrogens with zero attached hydrogens (tertiary/aromatic N) is 1. The van der Waals surface area contributed by atoms with E-state index in [1.54, 1.807) is 31.4 Å². The molecule has 1 aromatic heterocycles. The Morgan fingerprint density at radius 3 is 2.38 bits per heavy atom. The number of hydrogen-bond donors (Lipinski definition) is 0. The van der Waals surface area contributed by atoms with E-state index in [0.29, 0.717) is 11.5 Å². The highest BCUT2D eigenvalue weighted by molar-refractivity contribution is 7.15. The molecule has 0 saturated heterocycles. The molecular formula is C14H12NO5S-. The van der Waals surface area contributed by atoms with Crippen LogP contribution in [0.15, 0.2) is 24.3 Å². The highest BCUT2D eigenvalue weighted by Crippen LogP contribution is 2.20. The monoisotopic (exact) mass is 306 g/mol. The molecule has 0 unspecified atom stereocenters. The lowest BCUT2D eigenvalue weighted by atomic mass is 10.3. The van der Waals surface area contributed by atoms with Gasteiger partial charge in [0.2, 0.25) is 5.78 Å². The number of Topliss-reactive ketones (excluding diaryl/α,β-unsaturated/α-hetero) is 1. The fourth-order valence-corrected chi connectivity index (χ4v) is 2.41. The summed E-state index contributed by atoms with van der Waals surface area (Å²) in [5, 5.41) is 10.9. The molecule has 0 N–H and O–H groups in total. The van der Waals surface area contributed by atoms with Crippen molar-refractivity contribution in [3.05, 3.63) is 39.8 Å². The molecule has 0 bridgehead atoms. The number of benzene rings is 1. The van der Waals surface area contributed by atoms with Crippen molar-refractivity contribution >= 4 is 23.1 Å². The van der Waals surface area contributed by atoms with Gasteiger partial charge in [0.1, 0.15) is 11.5 Å². The van der Waals surface area contributed by atoms with Gasteiger partial charge >= 0.3 is 0 Å². The number of methoxy groups -OCH3 is 1. The molecule has 0 amide bonds. The normalized spacial score (nSPS) is 10.2. The van der Waals surface area contributed by atoms with Gasteiger partial charge in [0.05, 0.1) is 23.7 Å². The van der Waals surface area contributed by atoms with Crippen LogP contribution in [0.5, 0.6) is 11.5 Å². The van der Waals surface area contributed by atoms with Crippen molar-refractivity contribution in [2.45, 2.75) is 6.92 Å². The predicted molar refractivity (Wildman–Crippen MR) is 74.0 cm³/mol. The second-order valence-corrected chi connectivity index (χ2v) is 5.11. The van der Waals surface area contributed by atoms with E-state index in [9.17, 15) is 14.7 Å². The lowest BCUT2D eigenvalue weighted by Gasteiger charge is -2.05. The van der Waals surface area contributed by atoms with Gasteiger partial charge in [-0.15, -0.1) is 11.3 Å². The van der Waals surface area contributed by atoms with E-state index in [1.807, 2.05) is 0 Å². The third-order valence-corrected chi connectivity index (χ3v) is 3.83. The summed E-state index contributed by atoms with van der Waals surface area (Å²) in [7, 11) is 1.55. The maximum Gasteiger partial charge on any atom is 0.228 e. The number of carbonyl (C=O) groups excluding carboxylic acids is 2. The van der Waals surface area contributed by atoms with Gasteiger partial charge in [0.15, 0.2) is 11.6 Å². The van der Waals surface area contributed by atoms with Gasteiger partial charge in [0, 0.05) is 0 Å². The number of rotatable bonds is 6. The molecule has 110 valence electrons. The molecule has 0 aliphatic carbocycles. The number of ether oxygens (including phenoxy) is 2. The molecule has 0 atom stereocenters. The number of carboxylic acids is 1. The van der Waals surface area contributed by atoms with E-state index in [2.05, 4.69) is 4.98 Å². The fourth-order valence-electron chi connectivity index (χ4n) is 1.59. The van der Waals surface area contributed by atoms with Crippen LogP contribution in [0.3, 0.4) is 0 Å². The van der Waals surface area contributed by atoms with Gasteiger partial charge < -0.3 is 19.4 Å². The van der Waals surface area contributed by atoms with Gasteiger partial charge in [-0.1, -0.05) is 0 Å². The summed E-state index contributed by atoms with van der Waals surface area (Å²) >= 11 is 0.794. The Morgan fingerprint density at radius 1 is 1.24 bits per heavy atom. The maximum atomic E-state index is 11.9. The van der Waals surface area contributed by atoms with Crippen LogP contribution < -0.4 is 14.6 Å². The molecule has 21 heavy (non-hydrogen) atoms. The number of hydrogen-bond acceptors (Lipinski definition) is 7. The Kier molecular flexibility index (Phi) is 4.54. The molecule has 1 heterocycles. The average Bonchev–Trinajstić information content (AvgIpc) is 2.87. The number of carboxylic acid groups (broad SMARTS) is 1. The summed E-state index contributed by atoms with van der Waals surface area (Å²) in [6.07, 6.45) is 0. The molecule has 0 aliphatic heterocycles. The first-order valence-corrected chi connectivity index (χ1v) is 6.81. The van der Waals surface area contributed by atoms with Crippen molar-refractivity contribution in [1.29, 1.82) is 0 Å². The molecule has 6 nitrogen and oxygen atoms in total. The predicted octanol–water partition coefficient (Wildman–Crippen LogP) is 1.09. The van der Waals surface area contributed by atoms with Crippen molar-refractivity contribution in [3.8, 4) is 11.5 Å². The molecular weight excluding hydrogens is 294 g/mol. The van der Waals surface area contributed by atoms with Crippen LogP contribution in [0.2, 0.25) is 0 Å². The molecule has 0 saturated carbocycles. The van der Waals surface area contributed by atoms with E-state index in [0.717, 1.165) is 11.3 Å². The van der Waals surface area contributed by atoms with E-state index in [1.165, 1.54) is 6.92 Å². The third kappa shape index (κ3) is 3.57. The zero-order valence-electron chi connectivity index (χ0n) is 11.4. The topological polar surface area (TPSA) is 88.6 Å². The summed E-state index contributed by atoms with van der Waals surface area (Å²) in [6, 6.07) is 6.76. The molecule has 0 spiro atoms. The molecule has 2 rings (SSSR count). The van der Waals surface area contributed by atoms with Crippen molar-refractivity contribution in [1.82, 2.24) is 4.98 Å². The first-order valence-electron chi connectivity index (χ1n) is 6.00. The summed E-state index contributed by atoms with van der Waals surface area (Å²) < 4.78 is 10.3. The van der Waals surface area contributed by atoms with Crippen molar-refractivity contribution in [2.75, 3.05) is 13.7 Å². The first kappa shape index (κ1) is 15.0. The first-order chi connectivity index (χ1) is 10.0. The third-order valence-electron chi connectivity index (χ3n) is 2.65. The van der Waals surface area contributed by atoms with Gasteiger partial charge in [-0.3, -0.25) is 4.79 Å².